The maximum atomic E-state index is 14.1. The molecule has 4 saturated carbocycles. The summed E-state index contributed by atoms with van der Waals surface area (Å²) in [5, 5.41) is 21.5. The van der Waals surface area contributed by atoms with Crippen LogP contribution in [-0.4, -0.2) is 121 Å². The number of carbonyl (C=O) groups excluding carboxylic acids is 10. The summed E-state index contributed by atoms with van der Waals surface area (Å²) in [4.78, 5) is 133. The van der Waals surface area contributed by atoms with Crippen molar-refractivity contribution in [2.75, 3.05) is 19.6 Å². The van der Waals surface area contributed by atoms with Gasteiger partial charge in [-0.2, -0.15) is 0 Å². The van der Waals surface area contributed by atoms with Crippen LogP contribution in [0.3, 0.4) is 0 Å². The van der Waals surface area contributed by atoms with Crippen molar-refractivity contribution in [2.24, 2.45) is 57.9 Å². The largest absolute Gasteiger partial charge is 0.370 e. The van der Waals surface area contributed by atoms with Gasteiger partial charge in [0.2, 0.25) is 59.1 Å². The Kier molecular flexibility index (Phi) is 24.7. The van der Waals surface area contributed by atoms with Crippen molar-refractivity contribution in [3.05, 3.63) is 0 Å². The molecule has 4 bridgehead atoms. The van der Waals surface area contributed by atoms with Gasteiger partial charge in [0.15, 0.2) is 0 Å². The number of primary amides is 2. The third-order valence-electron chi connectivity index (χ3n) is 13.9. The van der Waals surface area contributed by atoms with Crippen LogP contribution in [0.4, 0.5) is 0 Å². The molecule has 0 heterocycles. The third kappa shape index (κ3) is 20.0. The lowest BCUT2D eigenvalue weighted by Gasteiger charge is -2.55. The fraction of sp³-hybridized carbons (Fsp3) is 0.796. The van der Waals surface area contributed by atoms with Gasteiger partial charge in [-0.15, -0.1) is 0 Å². The van der Waals surface area contributed by atoms with Crippen LogP contribution < -0.4 is 65.5 Å². The second-order valence-electron chi connectivity index (χ2n) is 21.3. The van der Waals surface area contributed by atoms with Gasteiger partial charge in [-0.1, -0.05) is 27.7 Å². The van der Waals surface area contributed by atoms with Crippen LogP contribution in [0.2, 0.25) is 0 Å². The van der Waals surface area contributed by atoms with E-state index in [1.165, 1.54) is 33.1 Å². The lowest BCUT2D eigenvalue weighted by Crippen LogP contribution is -2.60. The Hall–Kier alpha value is -5.38. The molecule has 0 spiro atoms. The summed E-state index contributed by atoms with van der Waals surface area (Å²) < 4.78 is 0. The Morgan fingerprint density at radius 2 is 0.873 bits per heavy atom. The average Bonchev–Trinajstić information content (AvgIpc) is 3.28. The molecule has 22 heteroatoms. The molecule has 4 rings (SSSR count). The minimum Gasteiger partial charge on any atom is -0.370 e. The highest BCUT2D eigenvalue weighted by molar-refractivity contribution is 5.97. The minimum absolute atomic E-state index is 0.00863. The fourth-order valence-electron chi connectivity index (χ4n) is 10.5. The Morgan fingerprint density at radius 1 is 0.479 bits per heavy atom. The zero-order chi connectivity index (χ0) is 53.0. The van der Waals surface area contributed by atoms with Gasteiger partial charge < -0.3 is 65.5 Å². The maximum Gasteiger partial charge on any atom is 0.243 e. The van der Waals surface area contributed by atoms with Crippen molar-refractivity contribution in [3.63, 3.8) is 0 Å². The molecule has 0 saturated heterocycles. The van der Waals surface area contributed by atoms with Crippen LogP contribution in [0, 0.1) is 35.0 Å². The molecule has 22 nitrogen and oxygen atoms in total. The van der Waals surface area contributed by atoms with Gasteiger partial charge in [-0.3, -0.25) is 47.9 Å². The second kappa shape index (κ2) is 29.2. The van der Waals surface area contributed by atoms with E-state index in [1.807, 2.05) is 27.7 Å². The molecule has 71 heavy (non-hydrogen) atoms. The molecule has 402 valence electrons. The second-order valence-corrected chi connectivity index (χ2v) is 21.3. The molecule has 0 radical (unpaired) electrons. The number of rotatable bonds is 33. The topological polar surface area (TPSA) is 371 Å². The highest BCUT2D eigenvalue weighted by Crippen LogP contribution is 2.60. The predicted octanol–water partition coefficient (Wildman–Crippen LogP) is -0.757. The quantitative estimate of drug-likeness (QED) is 0.0361. The molecule has 0 unspecified atom stereocenters. The average molecular weight is 1000 g/mol. The highest BCUT2D eigenvalue weighted by Gasteiger charge is 2.54. The molecule has 16 N–H and O–H groups in total. The lowest BCUT2D eigenvalue weighted by atomic mass is 9.49. The van der Waals surface area contributed by atoms with Crippen molar-refractivity contribution in [3.8, 4) is 0 Å². The number of carbonyl (C=O) groups is 10. The molecule has 0 aromatic rings. The van der Waals surface area contributed by atoms with E-state index in [9.17, 15) is 47.9 Å². The van der Waals surface area contributed by atoms with Gasteiger partial charge in [-0.05, 0) is 153 Å². The monoisotopic (exact) mass is 1000 g/mol. The van der Waals surface area contributed by atoms with Gasteiger partial charge in [0, 0.05) is 24.8 Å². The minimum atomic E-state index is -1.43. The summed E-state index contributed by atoms with van der Waals surface area (Å²) in [6.45, 7) is 10.9. The van der Waals surface area contributed by atoms with E-state index in [1.54, 1.807) is 0 Å². The van der Waals surface area contributed by atoms with Crippen LogP contribution in [0.15, 0.2) is 0 Å². The van der Waals surface area contributed by atoms with Crippen LogP contribution in [0.5, 0.6) is 0 Å². The van der Waals surface area contributed by atoms with Gasteiger partial charge in [0.1, 0.15) is 42.3 Å². The standard InChI is InChI=1S/C49H86N12O10/c1-27(2)19-37(46(69)56-29(5)41(53)64)61-44(67)35(12-8-10-17-51)57-45(68)36(13-14-39(52)62)59-43(66)34(11-7-9-16-50)58-47(70)38(20-28(3)4)60-42(65)30(6)55-40(63)15-18-54-48(71)49-24-31-21-32(25-49)23-33(22-31)26-49/h27-38H,7-26,50-51H2,1-6H3,(H2,52,62)(H2,53,64)(H,54,71)(H,55,63)(H,56,69)(H,57,68)(H,58,70)(H,59,66)(H,60,65)(H,61,67)/t29-,30-,31?,32?,33?,34-,35-,36-,37-,38-,49?/m0/s1. The molecule has 4 fully saturated rings. The van der Waals surface area contributed by atoms with E-state index in [4.69, 9.17) is 22.9 Å². The molecule has 0 aromatic heterocycles. The van der Waals surface area contributed by atoms with E-state index in [2.05, 4.69) is 42.5 Å². The molecule has 0 aliphatic heterocycles. The van der Waals surface area contributed by atoms with E-state index < -0.39 is 95.5 Å². The number of hydrogen-bond acceptors (Lipinski definition) is 12. The van der Waals surface area contributed by atoms with Gasteiger partial charge >= 0.3 is 0 Å². The Balaban J connectivity index is 1.71. The van der Waals surface area contributed by atoms with Crippen molar-refractivity contribution in [1.82, 2.24) is 42.5 Å². The molecule has 4 aliphatic rings. The van der Waals surface area contributed by atoms with Crippen LogP contribution in [-0.2, 0) is 47.9 Å². The Morgan fingerprint density at radius 3 is 1.28 bits per heavy atom. The van der Waals surface area contributed by atoms with Crippen LogP contribution in [0.1, 0.15) is 151 Å². The number of unbranched alkanes of at least 4 members (excludes halogenated alkanes) is 2. The van der Waals surface area contributed by atoms with E-state index in [0.717, 1.165) is 19.3 Å². The Labute approximate surface area is 419 Å². The lowest BCUT2D eigenvalue weighted by molar-refractivity contribution is -0.146. The highest BCUT2D eigenvalue weighted by atomic mass is 16.2. The molecular weight excluding hydrogens is 917 g/mol. The van der Waals surface area contributed by atoms with Gasteiger partial charge in [0.25, 0.3) is 0 Å². The zero-order valence-corrected chi connectivity index (χ0v) is 43.0. The summed E-state index contributed by atoms with van der Waals surface area (Å²) in [6, 6.07) is -8.24. The predicted molar refractivity (Wildman–Crippen MR) is 265 cm³/mol. The summed E-state index contributed by atoms with van der Waals surface area (Å²) in [7, 11) is 0. The first-order valence-corrected chi connectivity index (χ1v) is 25.8. The Bertz CT molecular complexity index is 1830. The third-order valence-corrected chi connectivity index (χ3v) is 13.9. The normalized spacial score (nSPS) is 21.9. The smallest absolute Gasteiger partial charge is 0.243 e. The molecule has 4 aliphatic carbocycles. The number of nitrogens with one attached hydrogen (secondary N) is 8. The molecule has 10 amide bonds. The summed E-state index contributed by atoms with van der Waals surface area (Å²) in [6.07, 6.45) is 7.91. The van der Waals surface area contributed by atoms with E-state index in [-0.39, 0.29) is 81.2 Å². The summed E-state index contributed by atoms with van der Waals surface area (Å²) in [5.74, 6) is -4.76. The fourth-order valence-corrected chi connectivity index (χ4v) is 10.5. The first kappa shape index (κ1) is 59.9. The maximum absolute atomic E-state index is 14.1. The molecule has 0 aromatic carbocycles. The number of nitrogens with two attached hydrogens (primary N) is 4. The van der Waals surface area contributed by atoms with Crippen LogP contribution in [0.25, 0.3) is 0 Å². The summed E-state index contributed by atoms with van der Waals surface area (Å²) >= 11 is 0. The first-order chi connectivity index (χ1) is 33.5. The van der Waals surface area contributed by atoms with Crippen molar-refractivity contribution in [1.29, 1.82) is 0 Å². The molecular formula is C49H86N12O10. The van der Waals surface area contributed by atoms with Gasteiger partial charge in [0.05, 0.1) is 0 Å². The number of amides is 10. The van der Waals surface area contributed by atoms with E-state index >= 15 is 0 Å². The molecule has 7 atom stereocenters. The van der Waals surface area contributed by atoms with Crippen molar-refractivity contribution >= 4 is 59.1 Å². The van der Waals surface area contributed by atoms with Crippen molar-refractivity contribution in [2.45, 2.75) is 193 Å². The van der Waals surface area contributed by atoms with E-state index in [0.29, 0.717) is 50.0 Å². The SMILES string of the molecule is CC(C)C[C@H](NC(=O)[C@H](C)NC(=O)CCNC(=O)C12CC3CC(CC(C3)C1)C2)C(=O)N[C@@H](CCCCN)C(=O)N[C@@H](CCC(N)=O)C(=O)N[C@@H](CCCCN)C(=O)N[C@@H](CC(C)C)C(=O)N[C@@H](C)C(N)=O. The first-order valence-electron chi connectivity index (χ1n) is 25.8. The van der Waals surface area contributed by atoms with Crippen LogP contribution >= 0.6 is 0 Å². The zero-order valence-electron chi connectivity index (χ0n) is 43.0. The van der Waals surface area contributed by atoms with Crippen molar-refractivity contribution < 1.29 is 47.9 Å². The summed E-state index contributed by atoms with van der Waals surface area (Å²) in [5.41, 5.74) is 21.9. The van der Waals surface area contributed by atoms with Gasteiger partial charge in [-0.25, -0.2) is 0 Å². The number of hydrogen-bond donors (Lipinski definition) is 12.